The second kappa shape index (κ2) is 5.35. The van der Waals surface area contributed by atoms with Crippen LogP contribution in [0.2, 0.25) is 0 Å². The van der Waals surface area contributed by atoms with E-state index in [9.17, 15) is 9.59 Å². The number of thiophene rings is 1. The van der Waals surface area contributed by atoms with E-state index >= 15 is 0 Å². The average Bonchev–Trinajstić information content (AvgIpc) is 3.26. The number of para-hydroxylation sites is 1. The number of amides is 2. The molecule has 1 aromatic heterocycles. The van der Waals surface area contributed by atoms with Crippen molar-refractivity contribution in [3.63, 3.8) is 0 Å². The molecule has 0 bridgehead atoms. The molecule has 0 radical (unpaired) electrons. The van der Waals surface area contributed by atoms with Crippen molar-refractivity contribution in [2.45, 2.75) is 13.3 Å². The van der Waals surface area contributed by atoms with Gasteiger partial charge in [0.15, 0.2) is 0 Å². The molecule has 4 rings (SSSR count). The van der Waals surface area contributed by atoms with E-state index in [-0.39, 0.29) is 11.8 Å². The zero-order chi connectivity index (χ0) is 16.0. The molecule has 1 aromatic carbocycles. The van der Waals surface area contributed by atoms with Crippen molar-refractivity contribution in [3.05, 3.63) is 57.9 Å². The minimum atomic E-state index is -0.183. The van der Waals surface area contributed by atoms with Gasteiger partial charge in [-0.25, -0.2) is 0 Å². The van der Waals surface area contributed by atoms with Gasteiger partial charge in [0.25, 0.3) is 11.8 Å². The highest BCUT2D eigenvalue weighted by atomic mass is 32.1. The van der Waals surface area contributed by atoms with Gasteiger partial charge < -0.3 is 4.90 Å². The summed E-state index contributed by atoms with van der Waals surface area (Å²) in [6, 6.07) is 11.9. The quantitative estimate of drug-likeness (QED) is 0.815. The fourth-order valence-electron chi connectivity index (χ4n) is 3.31. The molecular weight excluding hydrogens is 308 g/mol. The number of anilines is 1. The molecule has 4 nitrogen and oxygen atoms in total. The first-order valence-corrected chi connectivity index (χ1v) is 8.60. The van der Waals surface area contributed by atoms with Gasteiger partial charge in [0.1, 0.15) is 5.70 Å². The number of imide groups is 1. The van der Waals surface area contributed by atoms with Crippen LogP contribution >= 0.6 is 11.3 Å². The summed E-state index contributed by atoms with van der Waals surface area (Å²) in [5.41, 5.74) is 3.34. The molecule has 2 aliphatic rings. The van der Waals surface area contributed by atoms with Crippen LogP contribution in [-0.2, 0) is 16.0 Å². The molecule has 0 atom stereocenters. The molecule has 0 saturated heterocycles. The summed E-state index contributed by atoms with van der Waals surface area (Å²) in [5, 5.41) is 1.93. The first kappa shape index (κ1) is 14.2. The lowest BCUT2D eigenvalue weighted by molar-refractivity contribution is -0.136. The molecule has 0 saturated carbocycles. The number of hydrogen-bond donors (Lipinski definition) is 0. The van der Waals surface area contributed by atoms with E-state index in [0.29, 0.717) is 17.8 Å². The van der Waals surface area contributed by atoms with E-state index in [0.717, 1.165) is 23.5 Å². The smallest absolute Gasteiger partial charge is 0.278 e. The highest BCUT2D eigenvalue weighted by Gasteiger charge is 2.42. The van der Waals surface area contributed by atoms with Gasteiger partial charge >= 0.3 is 0 Å². The number of carbonyl (C=O) groups excluding carboxylic acids is 2. The number of carbonyl (C=O) groups is 2. The number of rotatable bonds is 3. The first-order chi connectivity index (χ1) is 11.2. The number of hydrogen-bond acceptors (Lipinski definition) is 4. The van der Waals surface area contributed by atoms with Crippen molar-refractivity contribution in [2.75, 3.05) is 18.0 Å². The van der Waals surface area contributed by atoms with Gasteiger partial charge in [0.2, 0.25) is 0 Å². The summed E-state index contributed by atoms with van der Waals surface area (Å²) in [4.78, 5) is 29.8. The molecule has 23 heavy (non-hydrogen) atoms. The predicted molar refractivity (Wildman–Crippen MR) is 91.1 cm³/mol. The Morgan fingerprint density at radius 1 is 1.09 bits per heavy atom. The van der Waals surface area contributed by atoms with E-state index in [4.69, 9.17) is 0 Å². The summed E-state index contributed by atoms with van der Waals surface area (Å²) in [5.74, 6) is -0.364. The first-order valence-electron chi connectivity index (χ1n) is 7.72. The number of likely N-dealkylation sites (N-methyl/N-ethyl adjacent to an activating group) is 1. The lowest BCUT2D eigenvalue weighted by Gasteiger charge is -2.21. The van der Waals surface area contributed by atoms with E-state index in [1.165, 1.54) is 21.8 Å². The van der Waals surface area contributed by atoms with Gasteiger partial charge in [-0.2, -0.15) is 0 Å². The Morgan fingerprint density at radius 3 is 2.65 bits per heavy atom. The summed E-state index contributed by atoms with van der Waals surface area (Å²) in [6.45, 7) is 2.97. The van der Waals surface area contributed by atoms with Crippen molar-refractivity contribution < 1.29 is 9.59 Å². The lowest BCUT2D eigenvalue weighted by Crippen LogP contribution is -2.34. The second-order valence-electron chi connectivity index (χ2n) is 5.59. The Balaban J connectivity index is 1.90. The zero-order valence-electron chi connectivity index (χ0n) is 12.8. The monoisotopic (exact) mass is 324 g/mol. The van der Waals surface area contributed by atoms with Crippen LogP contribution in [0.3, 0.4) is 0 Å². The van der Waals surface area contributed by atoms with Crippen molar-refractivity contribution in [1.29, 1.82) is 0 Å². The topological polar surface area (TPSA) is 40.6 Å². The minimum Gasteiger partial charge on any atom is -0.336 e. The van der Waals surface area contributed by atoms with Crippen LogP contribution in [0, 0.1) is 0 Å². The molecule has 0 spiro atoms. The SMILES string of the molecule is CCN1C(=O)C(c2cccs2)=C(N2CCc3ccccc32)C1=O. The van der Waals surface area contributed by atoms with Crippen molar-refractivity contribution >= 4 is 34.4 Å². The Morgan fingerprint density at radius 2 is 1.91 bits per heavy atom. The molecule has 0 N–H and O–H groups in total. The maximum Gasteiger partial charge on any atom is 0.278 e. The molecule has 0 fully saturated rings. The maximum absolute atomic E-state index is 12.9. The van der Waals surface area contributed by atoms with Crippen LogP contribution in [0.4, 0.5) is 5.69 Å². The van der Waals surface area contributed by atoms with Gasteiger partial charge in [-0.3, -0.25) is 14.5 Å². The maximum atomic E-state index is 12.9. The zero-order valence-corrected chi connectivity index (χ0v) is 13.6. The van der Waals surface area contributed by atoms with E-state index < -0.39 is 0 Å². The van der Waals surface area contributed by atoms with Gasteiger partial charge in [0.05, 0.1) is 5.57 Å². The van der Waals surface area contributed by atoms with Crippen LogP contribution in [0.25, 0.3) is 5.57 Å². The Labute approximate surface area is 138 Å². The van der Waals surface area contributed by atoms with E-state index in [2.05, 4.69) is 6.07 Å². The third kappa shape index (κ3) is 2.04. The van der Waals surface area contributed by atoms with Crippen LogP contribution < -0.4 is 4.90 Å². The highest BCUT2D eigenvalue weighted by Crippen LogP contribution is 2.39. The van der Waals surface area contributed by atoms with E-state index in [1.807, 2.05) is 47.5 Å². The summed E-state index contributed by atoms with van der Waals surface area (Å²) >= 11 is 1.50. The predicted octanol–water partition coefficient (Wildman–Crippen LogP) is 2.91. The summed E-state index contributed by atoms with van der Waals surface area (Å²) < 4.78 is 0. The molecule has 2 aromatic rings. The van der Waals surface area contributed by atoms with Crippen molar-refractivity contribution in [3.8, 4) is 0 Å². The lowest BCUT2D eigenvalue weighted by atomic mass is 10.1. The van der Waals surface area contributed by atoms with Gasteiger partial charge in [-0.1, -0.05) is 24.3 Å². The van der Waals surface area contributed by atoms with Crippen LogP contribution in [-0.4, -0.2) is 29.8 Å². The molecule has 3 heterocycles. The third-order valence-corrected chi connectivity index (χ3v) is 5.27. The molecule has 2 amide bonds. The second-order valence-corrected chi connectivity index (χ2v) is 6.53. The molecule has 2 aliphatic heterocycles. The van der Waals surface area contributed by atoms with Gasteiger partial charge in [0, 0.05) is 23.7 Å². The molecule has 0 unspecified atom stereocenters. The van der Waals surface area contributed by atoms with Crippen molar-refractivity contribution in [1.82, 2.24) is 4.90 Å². The molecule has 0 aliphatic carbocycles. The summed E-state index contributed by atoms with van der Waals surface area (Å²) in [6.07, 6.45) is 0.894. The molecular formula is C18H16N2O2S. The van der Waals surface area contributed by atoms with Crippen molar-refractivity contribution in [2.24, 2.45) is 0 Å². The Kier molecular flexibility index (Phi) is 3.31. The third-order valence-electron chi connectivity index (χ3n) is 4.38. The highest BCUT2D eigenvalue weighted by molar-refractivity contribution is 7.11. The number of fused-ring (bicyclic) bond motifs is 1. The summed E-state index contributed by atoms with van der Waals surface area (Å²) in [7, 11) is 0. The van der Waals surface area contributed by atoms with Crippen LogP contribution in [0.1, 0.15) is 17.4 Å². The Hall–Kier alpha value is -2.40. The molecule has 116 valence electrons. The standard InChI is InChI=1S/C18H16N2O2S/c1-2-19-17(21)15(14-8-5-11-23-14)16(18(19)22)20-10-9-12-6-3-4-7-13(12)20/h3-8,11H,2,9-10H2,1H3. The van der Waals surface area contributed by atoms with Crippen LogP contribution in [0.15, 0.2) is 47.5 Å². The van der Waals surface area contributed by atoms with E-state index in [1.54, 1.807) is 0 Å². The van der Waals surface area contributed by atoms with Crippen LogP contribution in [0.5, 0.6) is 0 Å². The fourth-order valence-corrected chi connectivity index (χ4v) is 4.08. The molecule has 5 heteroatoms. The van der Waals surface area contributed by atoms with Gasteiger partial charge in [-0.05, 0) is 36.4 Å². The Bertz CT molecular complexity index is 823. The minimum absolute atomic E-state index is 0.181. The number of benzene rings is 1. The fraction of sp³-hybridized carbons (Fsp3) is 0.222. The normalized spacial score (nSPS) is 17.4. The number of nitrogens with zero attached hydrogens (tertiary/aromatic N) is 2. The average molecular weight is 324 g/mol. The van der Waals surface area contributed by atoms with Gasteiger partial charge in [-0.15, -0.1) is 11.3 Å². The largest absolute Gasteiger partial charge is 0.336 e.